The Labute approximate surface area is 111 Å². The van der Waals surface area contributed by atoms with Gasteiger partial charge in [-0.05, 0) is 30.0 Å². The Morgan fingerprint density at radius 3 is 2.74 bits per heavy atom. The molecule has 19 heavy (non-hydrogen) atoms. The van der Waals surface area contributed by atoms with Crippen LogP contribution in [0.3, 0.4) is 0 Å². The lowest BCUT2D eigenvalue weighted by Crippen LogP contribution is -2.36. The van der Waals surface area contributed by atoms with Gasteiger partial charge in [-0.15, -0.1) is 0 Å². The summed E-state index contributed by atoms with van der Waals surface area (Å²) in [5, 5.41) is 9.23. The van der Waals surface area contributed by atoms with Crippen molar-refractivity contribution in [1.29, 1.82) is 0 Å². The number of hydrogen-bond donors (Lipinski definition) is 2. The van der Waals surface area contributed by atoms with Crippen molar-refractivity contribution in [3.05, 3.63) is 29.3 Å². The van der Waals surface area contributed by atoms with Gasteiger partial charge in [-0.2, -0.15) is 0 Å². The number of hydrogen-bond acceptors (Lipinski definition) is 3. The molecule has 1 amide bonds. The van der Waals surface area contributed by atoms with Gasteiger partial charge in [0.05, 0.1) is 11.8 Å². The number of rotatable bonds is 4. The van der Waals surface area contributed by atoms with Crippen LogP contribution in [0, 0.1) is 5.41 Å². The molecule has 1 aliphatic heterocycles. The van der Waals surface area contributed by atoms with Crippen LogP contribution in [0.2, 0.25) is 0 Å². The van der Waals surface area contributed by atoms with Crippen LogP contribution < -0.4 is 10.6 Å². The summed E-state index contributed by atoms with van der Waals surface area (Å²) in [5.41, 5.74) is 7.66. The zero-order chi connectivity index (χ0) is 13.6. The van der Waals surface area contributed by atoms with Crippen molar-refractivity contribution in [2.45, 2.75) is 25.8 Å². The van der Waals surface area contributed by atoms with Gasteiger partial charge in [0.25, 0.3) is 0 Å². The van der Waals surface area contributed by atoms with E-state index in [4.69, 9.17) is 5.73 Å². The van der Waals surface area contributed by atoms with Gasteiger partial charge in [0.2, 0.25) is 5.91 Å². The van der Waals surface area contributed by atoms with Crippen molar-refractivity contribution in [2.24, 2.45) is 11.1 Å². The second kappa shape index (κ2) is 4.06. The molecule has 0 radical (unpaired) electrons. The molecule has 1 aromatic rings. The Hall–Kier alpha value is -1.88. The van der Waals surface area contributed by atoms with E-state index in [1.54, 1.807) is 4.90 Å². The molecule has 5 heteroatoms. The average Bonchev–Trinajstić information content (AvgIpc) is 3.11. The molecule has 0 saturated heterocycles. The summed E-state index contributed by atoms with van der Waals surface area (Å²) in [6.07, 6.45) is 1.66. The monoisotopic (exact) mass is 260 g/mol. The zero-order valence-electron chi connectivity index (χ0n) is 10.6. The lowest BCUT2D eigenvalue weighted by molar-refractivity contribution is -0.143. The smallest absolute Gasteiger partial charge is 0.311 e. The van der Waals surface area contributed by atoms with Gasteiger partial charge in [-0.3, -0.25) is 9.59 Å². The van der Waals surface area contributed by atoms with Crippen LogP contribution in [0.4, 0.5) is 5.69 Å². The Bertz CT molecular complexity index is 564. The molecule has 1 aliphatic carbocycles. The van der Waals surface area contributed by atoms with Gasteiger partial charge in [-0.1, -0.05) is 12.1 Å². The number of nitrogens with two attached hydrogens (primary N) is 1. The van der Waals surface area contributed by atoms with Crippen molar-refractivity contribution in [3.8, 4) is 0 Å². The molecule has 1 heterocycles. The predicted molar refractivity (Wildman–Crippen MR) is 69.7 cm³/mol. The lowest BCUT2D eigenvalue weighted by atomic mass is 10.1. The van der Waals surface area contributed by atoms with Crippen molar-refractivity contribution in [1.82, 2.24) is 0 Å². The third-order valence-corrected chi connectivity index (χ3v) is 4.08. The molecule has 1 aromatic carbocycles. The van der Waals surface area contributed by atoms with Crippen LogP contribution >= 0.6 is 0 Å². The summed E-state index contributed by atoms with van der Waals surface area (Å²) in [6, 6.07) is 5.71. The minimum Gasteiger partial charge on any atom is -0.481 e. The molecule has 1 fully saturated rings. The van der Waals surface area contributed by atoms with Crippen LogP contribution in [0.5, 0.6) is 0 Å². The van der Waals surface area contributed by atoms with Gasteiger partial charge in [0.1, 0.15) is 0 Å². The Balaban J connectivity index is 1.89. The second-order valence-electron chi connectivity index (χ2n) is 5.41. The maximum Gasteiger partial charge on any atom is 0.311 e. The van der Waals surface area contributed by atoms with Gasteiger partial charge in [0.15, 0.2) is 0 Å². The minimum atomic E-state index is -0.799. The quantitative estimate of drug-likeness (QED) is 0.842. The van der Waals surface area contributed by atoms with Crippen molar-refractivity contribution >= 4 is 17.6 Å². The maximum atomic E-state index is 12.1. The third-order valence-electron chi connectivity index (χ3n) is 4.08. The van der Waals surface area contributed by atoms with Crippen LogP contribution in [0.25, 0.3) is 0 Å². The normalized spacial score (nSPS) is 19.4. The fourth-order valence-electron chi connectivity index (χ4n) is 2.63. The van der Waals surface area contributed by atoms with E-state index < -0.39 is 11.4 Å². The van der Waals surface area contributed by atoms with Crippen LogP contribution in [-0.2, 0) is 22.6 Å². The average molecular weight is 260 g/mol. The molecule has 100 valence electrons. The molecule has 2 aliphatic rings. The highest BCUT2D eigenvalue weighted by atomic mass is 16.4. The second-order valence-corrected chi connectivity index (χ2v) is 5.41. The van der Waals surface area contributed by atoms with Gasteiger partial charge < -0.3 is 15.7 Å². The van der Waals surface area contributed by atoms with Gasteiger partial charge >= 0.3 is 5.97 Å². The predicted octanol–water partition coefficient (Wildman–Crippen LogP) is 0.899. The molecule has 5 nitrogen and oxygen atoms in total. The van der Waals surface area contributed by atoms with Crippen molar-refractivity contribution < 1.29 is 14.7 Å². The van der Waals surface area contributed by atoms with E-state index in [2.05, 4.69) is 0 Å². The van der Waals surface area contributed by atoms with E-state index in [1.165, 1.54) is 0 Å². The maximum absolute atomic E-state index is 12.1. The summed E-state index contributed by atoms with van der Waals surface area (Å²) in [6.45, 7) is 0.733. The summed E-state index contributed by atoms with van der Waals surface area (Å²) < 4.78 is 0. The summed E-state index contributed by atoms with van der Waals surface area (Å²) >= 11 is 0. The van der Waals surface area contributed by atoms with Crippen molar-refractivity contribution in [2.75, 3.05) is 11.4 Å². The van der Waals surface area contributed by atoms with E-state index in [0.29, 0.717) is 25.8 Å². The first-order chi connectivity index (χ1) is 9.05. The number of carboxylic acid groups (broad SMARTS) is 1. The van der Waals surface area contributed by atoms with E-state index >= 15 is 0 Å². The molecule has 1 saturated carbocycles. The number of aliphatic carboxylic acids is 1. The number of amides is 1. The summed E-state index contributed by atoms with van der Waals surface area (Å²) in [7, 11) is 0. The number of carbonyl (C=O) groups excluding carboxylic acids is 1. The fraction of sp³-hybridized carbons (Fsp3) is 0.429. The van der Waals surface area contributed by atoms with Crippen molar-refractivity contribution in [3.63, 3.8) is 0 Å². The van der Waals surface area contributed by atoms with E-state index in [1.807, 2.05) is 18.2 Å². The van der Waals surface area contributed by atoms with Crippen LogP contribution in [0.15, 0.2) is 18.2 Å². The molecular weight excluding hydrogens is 244 g/mol. The fourth-order valence-corrected chi connectivity index (χ4v) is 2.63. The summed E-state index contributed by atoms with van der Waals surface area (Å²) in [4.78, 5) is 24.9. The Morgan fingerprint density at radius 1 is 1.42 bits per heavy atom. The Kier molecular flexibility index (Phi) is 2.60. The largest absolute Gasteiger partial charge is 0.481 e. The zero-order valence-corrected chi connectivity index (χ0v) is 10.6. The first-order valence-corrected chi connectivity index (χ1v) is 6.41. The van der Waals surface area contributed by atoms with E-state index in [0.717, 1.165) is 16.8 Å². The van der Waals surface area contributed by atoms with E-state index in [-0.39, 0.29) is 12.5 Å². The SMILES string of the molecule is NCc1ccc2c(c1)CC(=O)N2CC1(C(=O)O)CC1. The molecule has 0 spiro atoms. The molecule has 3 rings (SSSR count). The highest BCUT2D eigenvalue weighted by Crippen LogP contribution is 2.48. The first kappa shape index (κ1) is 12.2. The minimum absolute atomic E-state index is 0.0169. The van der Waals surface area contributed by atoms with Gasteiger partial charge in [0, 0.05) is 18.8 Å². The first-order valence-electron chi connectivity index (χ1n) is 6.41. The number of carboxylic acids is 1. The molecule has 3 N–H and O–H groups in total. The molecule has 0 bridgehead atoms. The number of fused-ring (bicyclic) bond motifs is 1. The lowest BCUT2D eigenvalue weighted by Gasteiger charge is -2.21. The Morgan fingerprint density at radius 2 is 2.16 bits per heavy atom. The van der Waals surface area contributed by atoms with E-state index in [9.17, 15) is 14.7 Å². The molecule has 0 atom stereocenters. The van der Waals surface area contributed by atoms with Gasteiger partial charge in [-0.25, -0.2) is 0 Å². The standard InChI is InChI=1S/C14H16N2O3/c15-7-9-1-2-11-10(5-9)6-12(17)16(11)8-14(3-4-14)13(18)19/h1-2,5H,3-4,6-8,15H2,(H,18,19). The number of carbonyl (C=O) groups is 2. The summed E-state index contributed by atoms with van der Waals surface area (Å²) in [5.74, 6) is -0.816. The number of benzene rings is 1. The highest BCUT2D eigenvalue weighted by molar-refractivity contribution is 6.02. The number of nitrogens with zero attached hydrogens (tertiary/aromatic N) is 1. The highest BCUT2D eigenvalue weighted by Gasteiger charge is 2.52. The number of anilines is 1. The van der Waals surface area contributed by atoms with Crippen LogP contribution in [-0.4, -0.2) is 23.5 Å². The molecular formula is C14H16N2O3. The van der Waals surface area contributed by atoms with Crippen LogP contribution in [0.1, 0.15) is 24.0 Å². The third kappa shape index (κ3) is 1.90. The topological polar surface area (TPSA) is 83.6 Å². The molecule has 0 aromatic heterocycles. The molecule has 0 unspecified atom stereocenters.